The van der Waals surface area contributed by atoms with Crippen molar-refractivity contribution in [2.24, 2.45) is 0 Å². The molecule has 0 atom stereocenters. The van der Waals surface area contributed by atoms with Gasteiger partial charge in [0, 0.05) is 29.8 Å². The number of phenolic OH excluding ortho intramolecular Hbond substituents is 1. The maximum atomic E-state index is 13.2. The molecular formula is C36H37Cl2N5O5. The number of nitrogens with zero attached hydrogens (tertiary/aromatic N) is 3. The molecule has 0 aliphatic heterocycles. The fourth-order valence-corrected chi connectivity index (χ4v) is 5.54. The summed E-state index contributed by atoms with van der Waals surface area (Å²) in [5.41, 5.74) is 4.14. The molecule has 0 radical (unpaired) electrons. The molecule has 2 aromatic heterocycles. The Kier molecular flexibility index (Phi) is 10.4. The minimum Gasteiger partial charge on any atom is -0.508 e. The number of pyridine rings is 1. The molecule has 0 saturated carbocycles. The third kappa shape index (κ3) is 7.95. The van der Waals surface area contributed by atoms with Gasteiger partial charge in [-0.2, -0.15) is 0 Å². The van der Waals surface area contributed by atoms with Gasteiger partial charge in [0.15, 0.2) is 5.82 Å². The van der Waals surface area contributed by atoms with Crippen LogP contribution in [0.5, 0.6) is 17.2 Å². The molecule has 0 aliphatic rings. The highest BCUT2D eigenvalue weighted by Crippen LogP contribution is 2.29. The van der Waals surface area contributed by atoms with Crippen LogP contribution in [0.3, 0.4) is 0 Å². The number of benzene rings is 3. The molecule has 0 fully saturated rings. The zero-order valence-corrected chi connectivity index (χ0v) is 28.8. The number of hydrogen-bond acceptors (Lipinski definition) is 6. The molecule has 2 amide bonds. The molecular weight excluding hydrogens is 653 g/mol. The third-order valence-corrected chi connectivity index (χ3v) is 8.39. The van der Waals surface area contributed by atoms with Gasteiger partial charge >= 0.3 is 6.03 Å². The molecule has 5 aromatic rings. The van der Waals surface area contributed by atoms with Gasteiger partial charge in [-0.3, -0.25) is 10.1 Å². The maximum Gasteiger partial charge on any atom is 0.320 e. The van der Waals surface area contributed by atoms with Crippen LogP contribution in [0.4, 0.5) is 10.6 Å². The van der Waals surface area contributed by atoms with Gasteiger partial charge in [-0.15, -0.1) is 5.10 Å². The highest BCUT2D eigenvalue weighted by Gasteiger charge is 2.23. The van der Waals surface area contributed by atoms with Gasteiger partial charge in [-0.1, -0.05) is 74.3 Å². The van der Waals surface area contributed by atoms with E-state index in [9.17, 15) is 14.7 Å². The molecule has 12 heteroatoms. The van der Waals surface area contributed by atoms with Crippen molar-refractivity contribution >= 4 is 35.1 Å². The summed E-state index contributed by atoms with van der Waals surface area (Å²) < 4.78 is 14.7. The summed E-state index contributed by atoms with van der Waals surface area (Å²) in [4.78, 5) is 26.2. The summed E-state index contributed by atoms with van der Waals surface area (Å²) in [5.74, 6) is 1.33. The third-order valence-electron chi connectivity index (χ3n) is 7.73. The van der Waals surface area contributed by atoms with Crippen LogP contribution in [0.1, 0.15) is 48.8 Å². The molecule has 3 N–H and O–H groups in total. The van der Waals surface area contributed by atoms with E-state index in [1.165, 1.54) is 7.11 Å². The number of nitrogens with one attached hydrogen (secondary N) is 2. The highest BCUT2D eigenvalue weighted by molar-refractivity contribution is 6.32. The van der Waals surface area contributed by atoms with Crippen molar-refractivity contribution in [2.45, 2.75) is 52.8 Å². The molecule has 2 heterocycles. The fourth-order valence-electron chi connectivity index (χ4n) is 5.13. The van der Waals surface area contributed by atoms with Crippen LogP contribution in [0.2, 0.25) is 10.0 Å². The Morgan fingerprint density at radius 3 is 2.35 bits per heavy atom. The van der Waals surface area contributed by atoms with Crippen molar-refractivity contribution in [1.82, 2.24) is 19.7 Å². The molecule has 250 valence electrons. The standard InChI is InChI=1S/C36H37Cl2N5O5/c1-22-16-30(33(38)34(45)42(22)20-23-10-15-28(37)29(17-23)47-5)48-21-25-9-7-6-8-24(25)19-39-35(46)40-32-18-31(36(2,3)4)43(41-32)26-11-13-27(44)14-12-26/h6-18,44H,19-21H2,1-5H3,(H2,39,40,41,46). The fraction of sp³-hybridized carbons (Fsp3) is 0.250. The van der Waals surface area contributed by atoms with Crippen LogP contribution in [0.15, 0.2) is 83.7 Å². The number of carbonyl (C=O) groups is 1. The van der Waals surface area contributed by atoms with Gasteiger partial charge in [0.25, 0.3) is 5.56 Å². The van der Waals surface area contributed by atoms with Gasteiger partial charge in [0.05, 0.1) is 30.1 Å². The van der Waals surface area contributed by atoms with E-state index in [1.54, 1.807) is 51.7 Å². The van der Waals surface area contributed by atoms with Gasteiger partial charge in [-0.25, -0.2) is 9.48 Å². The summed E-state index contributed by atoms with van der Waals surface area (Å²) in [6.07, 6.45) is 0. The predicted molar refractivity (Wildman–Crippen MR) is 188 cm³/mol. The number of carbonyl (C=O) groups excluding carboxylic acids is 1. The number of amides is 2. The van der Waals surface area contributed by atoms with E-state index in [4.69, 9.17) is 32.7 Å². The lowest BCUT2D eigenvalue weighted by Gasteiger charge is -2.20. The number of aromatic nitrogens is 3. The van der Waals surface area contributed by atoms with E-state index in [0.29, 0.717) is 22.3 Å². The second-order valence-corrected chi connectivity index (χ2v) is 13.1. The molecule has 0 bridgehead atoms. The molecule has 3 aromatic carbocycles. The number of aryl methyl sites for hydroxylation is 1. The van der Waals surface area contributed by atoms with Crippen molar-refractivity contribution in [2.75, 3.05) is 12.4 Å². The first-order valence-electron chi connectivity index (χ1n) is 15.2. The number of methoxy groups -OCH3 is 1. The Balaban J connectivity index is 1.25. The van der Waals surface area contributed by atoms with Crippen LogP contribution in [-0.4, -0.2) is 32.6 Å². The van der Waals surface area contributed by atoms with Gasteiger partial charge in [-0.05, 0) is 60.0 Å². The molecule has 48 heavy (non-hydrogen) atoms. The average molecular weight is 691 g/mol. The smallest absolute Gasteiger partial charge is 0.320 e. The molecule has 0 unspecified atom stereocenters. The lowest BCUT2D eigenvalue weighted by molar-refractivity contribution is 0.251. The second-order valence-electron chi connectivity index (χ2n) is 12.3. The largest absolute Gasteiger partial charge is 0.508 e. The average Bonchev–Trinajstić information content (AvgIpc) is 3.49. The Morgan fingerprint density at radius 2 is 1.67 bits per heavy atom. The molecule has 10 nitrogen and oxygen atoms in total. The minimum atomic E-state index is -0.429. The van der Waals surface area contributed by atoms with Crippen molar-refractivity contribution in [3.8, 4) is 22.9 Å². The first-order valence-corrected chi connectivity index (χ1v) is 16.0. The Bertz CT molecular complexity index is 2000. The molecule has 0 aliphatic carbocycles. The lowest BCUT2D eigenvalue weighted by atomic mass is 9.92. The van der Waals surface area contributed by atoms with Crippen LogP contribution < -0.4 is 25.7 Å². The number of halogens is 2. The van der Waals surface area contributed by atoms with E-state index in [0.717, 1.165) is 28.1 Å². The zero-order chi connectivity index (χ0) is 34.6. The zero-order valence-electron chi connectivity index (χ0n) is 27.3. The number of hydrogen-bond donors (Lipinski definition) is 3. The van der Waals surface area contributed by atoms with Crippen LogP contribution >= 0.6 is 23.2 Å². The topological polar surface area (TPSA) is 120 Å². The van der Waals surface area contributed by atoms with Crippen molar-refractivity contribution < 1.29 is 19.4 Å². The highest BCUT2D eigenvalue weighted by atomic mass is 35.5. The number of anilines is 1. The van der Waals surface area contributed by atoms with Crippen LogP contribution in [0.25, 0.3) is 5.69 Å². The predicted octanol–water partition coefficient (Wildman–Crippen LogP) is 7.61. The van der Waals surface area contributed by atoms with E-state index in [-0.39, 0.29) is 47.2 Å². The lowest BCUT2D eigenvalue weighted by Crippen LogP contribution is -2.29. The second kappa shape index (κ2) is 14.5. The molecule has 5 rings (SSSR count). The minimum absolute atomic E-state index is 0.0297. The number of ether oxygens (including phenoxy) is 2. The van der Waals surface area contributed by atoms with E-state index in [1.807, 2.05) is 43.3 Å². The summed E-state index contributed by atoms with van der Waals surface area (Å²) in [6.45, 7) is 8.61. The molecule has 0 spiro atoms. The summed E-state index contributed by atoms with van der Waals surface area (Å²) in [5, 5.41) is 20.5. The SMILES string of the molecule is COc1cc(Cn2c(C)cc(OCc3ccccc3CNC(=O)Nc3cc(C(C)(C)C)n(-c4ccc(O)cc4)n3)c(Cl)c2=O)ccc1Cl. The number of urea groups is 1. The normalized spacial score (nSPS) is 11.3. The van der Waals surface area contributed by atoms with E-state index >= 15 is 0 Å². The number of rotatable bonds is 10. The number of aromatic hydroxyl groups is 1. The van der Waals surface area contributed by atoms with Crippen LogP contribution in [-0.2, 0) is 25.1 Å². The van der Waals surface area contributed by atoms with Gasteiger partial charge in [0.1, 0.15) is 28.9 Å². The van der Waals surface area contributed by atoms with Gasteiger partial charge < -0.3 is 24.5 Å². The van der Waals surface area contributed by atoms with Crippen molar-refractivity contribution in [3.05, 3.63) is 127 Å². The first kappa shape index (κ1) is 34.4. The first-order chi connectivity index (χ1) is 22.8. The van der Waals surface area contributed by atoms with Crippen molar-refractivity contribution in [3.63, 3.8) is 0 Å². The van der Waals surface area contributed by atoms with Crippen LogP contribution in [0, 0.1) is 6.92 Å². The van der Waals surface area contributed by atoms with Crippen molar-refractivity contribution in [1.29, 1.82) is 0 Å². The Morgan fingerprint density at radius 1 is 0.958 bits per heavy atom. The van der Waals surface area contributed by atoms with E-state index in [2.05, 4.69) is 36.5 Å². The maximum absolute atomic E-state index is 13.2. The number of phenols is 1. The van der Waals surface area contributed by atoms with E-state index < -0.39 is 6.03 Å². The monoisotopic (exact) mass is 689 g/mol. The summed E-state index contributed by atoms with van der Waals surface area (Å²) in [7, 11) is 1.54. The summed E-state index contributed by atoms with van der Waals surface area (Å²) in [6, 6.07) is 22.7. The van der Waals surface area contributed by atoms with Gasteiger partial charge in [0.2, 0.25) is 0 Å². The Labute approximate surface area is 288 Å². The summed E-state index contributed by atoms with van der Waals surface area (Å²) >= 11 is 12.7. The Hall–Kier alpha value is -4.93. The molecule has 0 saturated heterocycles. The quantitative estimate of drug-likeness (QED) is 0.139.